The van der Waals surface area contributed by atoms with Crippen LogP contribution >= 0.6 is 11.3 Å². The molecule has 0 unspecified atom stereocenters. The number of rotatable bonds is 6. The van der Waals surface area contributed by atoms with Gasteiger partial charge in [0.2, 0.25) is 11.8 Å². The van der Waals surface area contributed by atoms with Crippen LogP contribution in [0.1, 0.15) is 5.89 Å². The number of nitro groups is 1. The lowest BCUT2D eigenvalue weighted by atomic mass is 10.2. The van der Waals surface area contributed by atoms with Gasteiger partial charge in [0.15, 0.2) is 0 Å². The monoisotopic (exact) mass is 461 g/mol. The zero-order valence-corrected chi connectivity index (χ0v) is 18.0. The van der Waals surface area contributed by atoms with Gasteiger partial charge in [-0.3, -0.25) is 19.5 Å². The van der Waals surface area contributed by atoms with Gasteiger partial charge in [0.25, 0.3) is 11.2 Å². The van der Waals surface area contributed by atoms with Gasteiger partial charge in [-0.2, -0.15) is 0 Å². The van der Waals surface area contributed by atoms with E-state index in [0.29, 0.717) is 15.8 Å². The van der Waals surface area contributed by atoms with Crippen LogP contribution in [0, 0.1) is 10.1 Å². The van der Waals surface area contributed by atoms with E-state index in [-0.39, 0.29) is 29.6 Å². The molecule has 164 valence electrons. The van der Waals surface area contributed by atoms with E-state index in [9.17, 15) is 14.9 Å². The Bertz CT molecular complexity index is 1520. The first kappa shape index (κ1) is 20.5. The van der Waals surface area contributed by atoms with E-state index >= 15 is 0 Å². The summed E-state index contributed by atoms with van der Waals surface area (Å²) in [5, 5.41) is 18.8. The fourth-order valence-electron chi connectivity index (χ4n) is 3.26. The van der Waals surface area contributed by atoms with E-state index in [0.717, 1.165) is 16.2 Å². The minimum atomic E-state index is -0.483. The maximum Gasteiger partial charge on any atom is 0.271 e. The Morgan fingerprint density at radius 2 is 1.82 bits per heavy atom. The largest absolute Gasteiger partial charge is 0.497 e. The van der Waals surface area contributed by atoms with E-state index < -0.39 is 4.92 Å². The summed E-state index contributed by atoms with van der Waals surface area (Å²) in [6.45, 7) is 0.0531. The van der Waals surface area contributed by atoms with Crippen LogP contribution in [-0.4, -0.2) is 31.8 Å². The molecule has 0 bridgehead atoms. The molecule has 0 aliphatic heterocycles. The lowest BCUT2D eigenvalue weighted by Crippen LogP contribution is -2.20. The summed E-state index contributed by atoms with van der Waals surface area (Å²) in [4.78, 5) is 28.7. The van der Waals surface area contributed by atoms with Crippen molar-refractivity contribution < 1.29 is 14.1 Å². The molecule has 3 aromatic heterocycles. The molecule has 3 heterocycles. The Morgan fingerprint density at radius 3 is 2.52 bits per heavy atom. The highest BCUT2D eigenvalue weighted by molar-refractivity contribution is 7.22. The third-order valence-electron chi connectivity index (χ3n) is 4.98. The minimum Gasteiger partial charge on any atom is -0.497 e. The zero-order chi connectivity index (χ0) is 22.9. The molecule has 0 saturated carbocycles. The molecule has 0 radical (unpaired) electrons. The lowest BCUT2D eigenvalue weighted by Gasteiger charge is -2.01. The summed E-state index contributed by atoms with van der Waals surface area (Å²) in [6.07, 6.45) is 1.45. The Kier molecular flexibility index (Phi) is 5.15. The van der Waals surface area contributed by atoms with Gasteiger partial charge in [0, 0.05) is 22.6 Å². The van der Waals surface area contributed by atoms with E-state index in [1.807, 2.05) is 30.3 Å². The molecule has 0 N–H and O–H groups in total. The van der Waals surface area contributed by atoms with Crippen molar-refractivity contribution in [2.24, 2.45) is 0 Å². The van der Waals surface area contributed by atoms with Gasteiger partial charge in [-0.1, -0.05) is 0 Å². The molecule has 0 aliphatic carbocycles. The highest BCUT2D eigenvalue weighted by atomic mass is 32.1. The molecule has 0 amide bonds. The first-order valence-electron chi connectivity index (χ1n) is 9.72. The molecular formula is C22H15N5O5S. The number of methoxy groups -OCH3 is 1. The third-order valence-corrected chi connectivity index (χ3v) is 6.14. The fourth-order valence-corrected chi connectivity index (χ4v) is 4.33. The number of ether oxygens (including phenoxy) is 1. The van der Waals surface area contributed by atoms with Crippen molar-refractivity contribution in [1.82, 2.24) is 19.7 Å². The molecule has 2 aromatic carbocycles. The number of nitro benzene ring substituents is 1. The van der Waals surface area contributed by atoms with Crippen molar-refractivity contribution >= 4 is 27.2 Å². The van der Waals surface area contributed by atoms with Gasteiger partial charge < -0.3 is 9.15 Å². The number of non-ortho nitro benzene ring substituents is 1. The maximum absolute atomic E-state index is 13.0. The minimum absolute atomic E-state index is 0.0330. The molecule has 33 heavy (non-hydrogen) atoms. The van der Waals surface area contributed by atoms with Crippen molar-refractivity contribution in [2.45, 2.75) is 6.54 Å². The summed E-state index contributed by atoms with van der Waals surface area (Å²) in [6, 6.07) is 15.3. The van der Waals surface area contributed by atoms with E-state index in [1.54, 1.807) is 7.11 Å². The topological polar surface area (TPSA) is 126 Å². The Labute approximate surface area is 189 Å². The predicted octanol–water partition coefficient (Wildman–Crippen LogP) is 4.14. The molecule has 0 spiro atoms. The molecular weight excluding hydrogens is 446 g/mol. The Hall–Kier alpha value is -4.38. The van der Waals surface area contributed by atoms with Gasteiger partial charge >= 0.3 is 0 Å². The first-order valence-corrected chi connectivity index (χ1v) is 10.5. The first-order chi connectivity index (χ1) is 16.0. The summed E-state index contributed by atoms with van der Waals surface area (Å²) in [7, 11) is 1.61. The molecule has 0 aliphatic rings. The molecule has 10 nitrogen and oxygen atoms in total. The number of nitrogens with zero attached hydrogens (tertiary/aromatic N) is 5. The van der Waals surface area contributed by atoms with Crippen molar-refractivity contribution in [2.75, 3.05) is 7.11 Å². The van der Waals surface area contributed by atoms with Crippen LogP contribution in [0.25, 0.3) is 32.1 Å². The second-order valence-corrected chi connectivity index (χ2v) is 8.09. The van der Waals surface area contributed by atoms with Gasteiger partial charge in [-0.25, -0.2) is 4.98 Å². The standard InChI is InChI=1S/C22H15N5O5S/c1-31-16-8-4-13(5-9-16)18-10-17-20(33-18)22(28)26(12-23-17)11-19-24-25-21(32-19)14-2-6-15(7-3-14)27(29)30/h2-10,12H,11H2,1H3. The van der Waals surface area contributed by atoms with Crippen molar-refractivity contribution in [3.05, 3.63) is 87.3 Å². The number of hydrogen-bond acceptors (Lipinski definition) is 9. The smallest absolute Gasteiger partial charge is 0.271 e. The predicted molar refractivity (Wildman–Crippen MR) is 121 cm³/mol. The van der Waals surface area contributed by atoms with Crippen LogP contribution in [0.15, 0.2) is 70.1 Å². The van der Waals surface area contributed by atoms with E-state index in [2.05, 4.69) is 15.2 Å². The van der Waals surface area contributed by atoms with Crippen molar-refractivity contribution in [3.63, 3.8) is 0 Å². The van der Waals surface area contributed by atoms with E-state index in [4.69, 9.17) is 9.15 Å². The maximum atomic E-state index is 13.0. The number of aromatic nitrogens is 4. The molecule has 0 fully saturated rings. The zero-order valence-electron chi connectivity index (χ0n) is 17.2. The highest BCUT2D eigenvalue weighted by Gasteiger charge is 2.15. The van der Waals surface area contributed by atoms with Gasteiger partial charge in [0.1, 0.15) is 17.0 Å². The summed E-state index contributed by atoms with van der Waals surface area (Å²) in [5.74, 6) is 1.19. The Balaban J connectivity index is 1.41. The fraction of sp³-hybridized carbons (Fsp3) is 0.0909. The SMILES string of the molecule is COc1ccc(-c2cc3ncn(Cc4nnc(-c5ccc([N+](=O)[O-])cc5)o4)c(=O)c3s2)cc1. The number of benzene rings is 2. The second kappa shape index (κ2) is 8.28. The Morgan fingerprint density at radius 1 is 1.09 bits per heavy atom. The van der Waals surface area contributed by atoms with Crippen LogP contribution in [0.2, 0.25) is 0 Å². The number of fused-ring (bicyclic) bond motifs is 1. The van der Waals surface area contributed by atoms with Crippen LogP contribution in [0.3, 0.4) is 0 Å². The molecule has 0 atom stereocenters. The second-order valence-electron chi connectivity index (χ2n) is 7.04. The third kappa shape index (κ3) is 3.96. The van der Waals surface area contributed by atoms with Gasteiger partial charge in [0.05, 0.1) is 23.9 Å². The van der Waals surface area contributed by atoms with Gasteiger partial charge in [-0.15, -0.1) is 21.5 Å². The summed E-state index contributed by atoms with van der Waals surface area (Å²) >= 11 is 1.36. The van der Waals surface area contributed by atoms with Crippen LogP contribution in [-0.2, 0) is 6.54 Å². The van der Waals surface area contributed by atoms with Crippen LogP contribution in [0.5, 0.6) is 5.75 Å². The number of hydrogen-bond donors (Lipinski definition) is 0. The normalized spacial score (nSPS) is 11.1. The van der Waals surface area contributed by atoms with Crippen LogP contribution < -0.4 is 10.3 Å². The van der Waals surface area contributed by atoms with Crippen LogP contribution in [0.4, 0.5) is 5.69 Å². The molecule has 5 aromatic rings. The van der Waals surface area contributed by atoms with E-state index in [1.165, 1.54) is 46.5 Å². The van der Waals surface area contributed by atoms with Crippen molar-refractivity contribution in [1.29, 1.82) is 0 Å². The average Bonchev–Trinajstić information content (AvgIpc) is 3.49. The highest BCUT2D eigenvalue weighted by Crippen LogP contribution is 2.31. The average molecular weight is 461 g/mol. The quantitative estimate of drug-likeness (QED) is 0.273. The van der Waals surface area contributed by atoms with Gasteiger partial charge in [-0.05, 0) is 48.0 Å². The summed E-state index contributed by atoms with van der Waals surface area (Å²) < 4.78 is 12.8. The summed E-state index contributed by atoms with van der Waals surface area (Å²) in [5.41, 5.74) is 1.88. The van der Waals surface area contributed by atoms with Crippen molar-refractivity contribution in [3.8, 4) is 27.6 Å². The molecule has 0 saturated heterocycles. The lowest BCUT2D eigenvalue weighted by molar-refractivity contribution is -0.384. The molecule has 11 heteroatoms. The molecule has 5 rings (SSSR count). The number of thiophene rings is 1.